The Morgan fingerprint density at radius 3 is 2.32 bits per heavy atom. The Balaban J connectivity index is 1.74. The number of nitrogens with zero attached hydrogens (tertiary/aromatic N) is 2. The van der Waals surface area contributed by atoms with Crippen LogP contribution in [-0.2, 0) is 19.6 Å². The number of esters is 1. The molecule has 9 heteroatoms. The number of sulfonamides is 1. The summed E-state index contributed by atoms with van der Waals surface area (Å²) in [6.07, 6.45) is 4.05. The molecule has 0 bridgehead atoms. The highest BCUT2D eigenvalue weighted by molar-refractivity contribution is 7.93. The van der Waals surface area contributed by atoms with E-state index in [1.807, 2.05) is 0 Å². The molecule has 0 aliphatic carbocycles. The van der Waals surface area contributed by atoms with Crippen LogP contribution in [0.1, 0.15) is 36.0 Å². The van der Waals surface area contributed by atoms with Crippen LogP contribution in [0.2, 0.25) is 5.02 Å². The van der Waals surface area contributed by atoms with Crippen molar-refractivity contribution < 1.29 is 22.7 Å². The van der Waals surface area contributed by atoms with Crippen LogP contribution in [0.25, 0.3) is 0 Å². The highest BCUT2D eigenvalue weighted by Crippen LogP contribution is 2.28. The van der Waals surface area contributed by atoms with Gasteiger partial charge in [0.2, 0.25) is 0 Å². The average Bonchev–Trinajstić information content (AvgIpc) is 3.07. The largest absolute Gasteiger partial charge is 0.452 e. The van der Waals surface area contributed by atoms with Crippen molar-refractivity contribution >= 4 is 39.2 Å². The van der Waals surface area contributed by atoms with E-state index in [0.717, 1.165) is 30.0 Å². The molecule has 7 nitrogen and oxygen atoms in total. The van der Waals surface area contributed by atoms with Crippen LogP contribution in [0.3, 0.4) is 0 Å². The third-order valence-electron chi connectivity index (χ3n) is 5.21. The number of ether oxygens (including phenoxy) is 1. The number of para-hydroxylation sites is 1. The summed E-state index contributed by atoms with van der Waals surface area (Å²) in [5.74, 6) is -1.03. The lowest BCUT2D eigenvalue weighted by atomic mass is 10.2. The first-order valence-electron chi connectivity index (χ1n) is 10.1. The number of carbonyl (C=O) groups excluding carboxylic acids is 2. The molecule has 0 spiro atoms. The van der Waals surface area contributed by atoms with Gasteiger partial charge >= 0.3 is 5.97 Å². The third-order valence-corrected chi connectivity index (χ3v) is 7.48. The Labute approximate surface area is 187 Å². The SMILES string of the molecule is CN(c1ccccc1)S(=O)(=O)c1cc(C(=O)OCC(=O)N2CCCCCC2)ccc1Cl. The first kappa shape index (κ1) is 23.1. The summed E-state index contributed by atoms with van der Waals surface area (Å²) in [7, 11) is -2.60. The van der Waals surface area contributed by atoms with E-state index in [1.54, 1.807) is 35.2 Å². The van der Waals surface area contributed by atoms with Gasteiger partial charge in [-0.25, -0.2) is 13.2 Å². The molecule has 2 aromatic carbocycles. The zero-order valence-electron chi connectivity index (χ0n) is 17.3. The molecule has 0 N–H and O–H groups in total. The number of hydrogen-bond acceptors (Lipinski definition) is 5. The first-order valence-corrected chi connectivity index (χ1v) is 11.9. The maximum absolute atomic E-state index is 13.1. The fourth-order valence-electron chi connectivity index (χ4n) is 3.37. The first-order chi connectivity index (χ1) is 14.8. The molecule has 1 amide bonds. The number of amides is 1. The predicted molar refractivity (Wildman–Crippen MR) is 119 cm³/mol. The maximum atomic E-state index is 13.1. The van der Waals surface area contributed by atoms with Crippen LogP contribution in [0.5, 0.6) is 0 Å². The highest BCUT2D eigenvalue weighted by Gasteiger charge is 2.26. The van der Waals surface area contributed by atoms with Gasteiger partial charge in [-0.3, -0.25) is 9.10 Å². The maximum Gasteiger partial charge on any atom is 0.338 e. The molecule has 3 rings (SSSR count). The lowest BCUT2D eigenvalue weighted by molar-refractivity contribution is -0.134. The molecule has 166 valence electrons. The van der Waals surface area contributed by atoms with E-state index in [1.165, 1.54) is 25.2 Å². The van der Waals surface area contributed by atoms with Crippen molar-refractivity contribution in [2.75, 3.05) is 31.0 Å². The molecule has 0 radical (unpaired) electrons. The summed E-state index contributed by atoms with van der Waals surface area (Å²) in [4.78, 5) is 26.3. The van der Waals surface area contributed by atoms with Gasteiger partial charge in [-0.15, -0.1) is 0 Å². The van der Waals surface area contributed by atoms with E-state index in [-0.39, 0.29) is 28.0 Å². The molecule has 1 aliphatic rings. The number of carbonyl (C=O) groups is 2. The summed E-state index contributed by atoms with van der Waals surface area (Å²) in [6.45, 7) is 0.935. The van der Waals surface area contributed by atoms with Gasteiger partial charge in [0.1, 0.15) is 4.90 Å². The second-order valence-corrected chi connectivity index (χ2v) is 9.67. The lowest BCUT2D eigenvalue weighted by Gasteiger charge is -2.21. The summed E-state index contributed by atoms with van der Waals surface area (Å²) < 4.78 is 32.4. The van der Waals surface area contributed by atoms with Crippen molar-refractivity contribution in [1.82, 2.24) is 4.90 Å². The van der Waals surface area contributed by atoms with Crippen molar-refractivity contribution in [1.29, 1.82) is 0 Å². The van der Waals surface area contributed by atoms with Crippen LogP contribution in [0.4, 0.5) is 5.69 Å². The van der Waals surface area contributed by atoms with Gasteiger partial charge in [-0.2, -0.15) is 0 Å². The minimum absolute atomic E-state index is 0.00750. The molecule has 1 heterocycles. The predicted octanol–water partition coefficient (Wildman–Crippen LogP) is 3.72. The van der Waals surface area contributed by atoms with Crippen LogP contribution in [-0.4, -0.2) is 51.9 Å². The lowest BCUT2D eigenvalue weighted by Crippen LogP contribution is -2.35. The van der Waals surface area contributed by atoms with Gasteiger partial charge in [0.15, 0.2) is 6.61 Å². The molecule has 31 heavy (non-hydrogen) atoms. The van der Waals surface area contributed by atoms with Crippen molar-refractivity contribution in [3.63, 3.8) is 0 Å². The fourth-order valence-corrected chi connectivity index (χ4v) is 5.07. The number of anilines is 1. The minimum atomic E-state index is -4.01. The van der Waals surface area contributed by atoms with Crippen molar-refractivity contribution in [2.45, 2.75) is 30.6 Å². The molecular weight excluding hydrogens is 440 g/mol. The van der Waals surface area contributed by atoms with Gasteiger partial charge in [0.05, 0.1) is 16.3 Å². The Kier molecular flexibility index (Phi) is 7.56. The quantitative estimate of drug-likeness (QED) is 0.608. The second kappa shape index (κ2) is 10.2. The topological polar surface area (TPSA) is 84.0 Å². The van der Waals surface area contributed by atoms with E-state index < -0.39 is 16.0 Å². The fraction of sp³-hybridized carbons (Fsp3) is 0.364. The van der Waals surface area contributed by atoms with Crippen molar-refractivity contribution in [2.24, 2.45) is 0 Å². The Bertz CT molecular complexity index is 1040. The molecule has 0 aromatic heterocycles. The van der Waals surface area contributed by atoms with Gasteiger partial charge < -0.3 is 9.64 Å². The van der Waals surface area contributed by atoms with E-state index in [0.29, 0.717) is 18.8 Å². The van der Waals surface area contributed by atoms with Gasteiger partial charge in [0, 0.05) is 20.1 Å². The molecule has 1 aliphatic heterocycles. The molecule has 1 saturated heterocycles. The molecular formula is C22H25ClN2O5S. The summed E-state index contributed by atoms with van der Waals surface area (Å²) in [5.41, 5.74) is 0.461. The van der Waals surface area contributed by atoms with E-state index in [9.17, 15) is 18.0 Å². The summed E-state index contributed by atoms with van der Waals surface area (Å²) in [6, 6.07) is 12.4. The molecule has 2 aromatic rings. The van der Waals surface area contributed by atoms with Crippen molar-refractivity contribution in [3.8, 4) is 0 Å². The minimum Gasteiger partial charge on any atom is -0.452 e. The number of rotatable bonds is 6. The molecule has 0 unspecified atom stereocenters. The molecule has 0 atom stereocenters. The van der Waals surface area contributed by atoms with Crippen LogP contribution >= 0.6 is 11.6 Å². The second-order valence-electron chi connectivity index (χ2n) is 7.32. The highest BCUT2D eigenvalue weighted by atomic mass is 35.5. The average molecular weight is 465 g/mol. The Hall–Kier alpha value is -2.58. The van der Waals surface area contributed by atoms with Crippen LogP contribution in [0.15, 0.2) is 53.4 Å². The zero-order valence-corrected chi connectivity index (χ0v) is 18.9. The summed E-state index contributed by atoms with van der Waals surface area (Å²) in [5, 5.41) is -0.0139. The molecule has 1 fully saturated rings. The van der Waals surface area contributed by atoms with Gasteiger partial charge in [0.25, 0.3) is 15.9 Å². The number of hydrogen-bond donors (Lipinski definition) is 0. The molecule has 0 saturated carbocycles. The number of likely N-dealkylation sites (tertiary alicyclic amines) is 1. The van der Waals surface area contributed by atoms with Crippen LogP contribution < -0.4 is 4.31 Å². The Morgan fingerprint density at radius 2 is 1.68 bits per heavy atom. The number of benzene rings is 2. The monoisotopic (exact) mass is 464 g/mol. The van der Waals surface area contributed by atoms with Crippen LogP contribution in [0, 0.1) is 0 Å². The van der Waals surface area contributed by atoms with Crippen molar-refractivity contribution in [3.05, 3.63) is 59.1 Å². The Morgan fingerprint density at radius 1 is 1.03 bits per heavy atom. The van der Waals surface area contributed by atoms with E-state index in [4.69, 9.17) is 16.3 Å². The van der Waals surface area contributed by atoms with Gasteiger partial charge in [-0.1, -0.05) is 42.6 Å². The standard InChI is InChI=1S/C22H25ClN2O5S/c1-24(18-9-5-4-6-10-18)31(28,29)20-15-17(11-12-19(20)23)22(27)30-16-21(26)25-13-7-2-3-8-14-25/h4-6,9-12,15H,2-3,7-8,13-14,16H2,1H3. The van der Waals surface area contributed by atoms with E-state index in [2.05, 4.69) is 0 Å². The zero-order chi connectivity index (χ0) is 22.4. The van der Waals surface area contributed by atoms with E-state index >= 15 is 0 Å². The third kappa shape index (κ3) is 5.57. The smallest absolute Gasteiger partial charge is 0.338 e. The summed E-state index contributed by atoms with van der Waals surface area (Å²) >= 11 is 6.14. The normalized spacial score (nSPS) is 14.6. The van der Waals surface area contributed by atoms with Gasteiger partial charge in [-0.05, 0) is 43.2 Å². The number of halogens is 1.